The summed E-state index contributed by atoms with van der Waals surface area (Å²) in [4.78, 5) is 17.1. The number of aliphatic hydroxyl groups excluding tert-OH is 1. The van der Waals surface area contributed by atoms with Gasteiger partial charge < -0.3 is 14.7 Å². The number of hydrogen-bond donors (Lipinski definition) is 2. The molecule has 1 aromatic heterocycles. The number of anilines is 2. The summed E-state index contributed by atoms with van der Waals surface area (Å²) in [5, 5.41) is 10.9. The summed E-state index contributed by atoms with van der Waals surface area (Å²) in [6, 6.07) is 3.50. The van der Waals surface area contributed by atoms with Crippen LogP contribution in [0.2, 0.25) is 0 Å². The van der Waals surface area contributed by atoms with Gasteiger partial charge in [-0.05, 0) is 12.1 Å². The Morgan fingerprint density at radius 3 is 2.81 bits per heavy atom. The number of rotatable bonds is 4. The largest absolute Gasteiger partial charge is 0.447 e. The minimum Gasteiger partial charge on any atom is -0.447 e. The first-order valence-electron chi connectivity index (χ1n) is 4.81. The number of amides is 1. The Hall–Kier alpha value is -1.82. The molecule has 0 aliphatic heterocycles. The van der Waals surface area contributed by atoms with Crippen molar-refractivity contribution in [3.8, 4) is 0 Å². The van der Waals surface area contributed by atoms with Gasteiger partial charge in [0.05, 0.1) is 18.5 Å². The molecule has 6 heteroatoms. The highest BCUT2D eigenvalue weighted by Crippen LogP contribution is 2.11. The fourth-order valence-electron chi connectivity index (χ4n) is 1.02. The summed E-state index contributed by atoms with van der Waals surface area (Å²) in [5.41, 5.74) is 0.550. The van der Waals surface area contributed by atoms with Crippen LogP contribution in [0.1, 0.15) is 0 Å². The van der Waals surface area contributed by atoms with Crippen LogP contribution in [0.25, 0.3) is 0 Å². The van der Waals surface area contributed by atoms with Crippen molar-refractivity contribution in [2.45, 2.75) is 0 Å². The van der Waals surface area contributed by atoms with Crippen molar-refractivity contribution in [2.24, 2.45) is 0 Å². The topological polar surface area (TPSA) is 74.7 Å². The van der Waals surface area contributed by atoms with E-state index in [4.69, 9.17) is 5.11 Å². The van der Waals surface area contributed by atoms with E-state index in [1.807, 2.05) is 19.0 Å². The lowest BCUT2D eigenvalue weighted by Gasteiger charge is -2.11. The maximum Gasteiger partial charge on any atom is 0.411 e. The van der Waals surface area contributed by atoms with Crippen LogP contribution in [0.4, 0.5) is 16.3 Å². The molecule has 6 nitrogen and oxygen atoms in total. The molecule has 0 aliphatic carbocycles. The van der Waals surface area contributed by atoms with Gasteiger partial charge in [-0.1, -0.05) is 0 Å². The first kappa shape index (κ1) is 12.3. The Morgan fingerprint density at radius 2 is 2.31 bits per heavy atom. The van der Waals surface area contributed by atoms with Gasteiger partial charge in [-0.2, -0.15) is 0 Å². The van der Waals surface area contributed by atoms with Crippen LogP contribution in [0.15, 0.2) is 18.3 Å². The predicted molar refractivity (Wildman–Crippen MR) is 60.6 cm³/mol. The van der Waals surface area contributed by atoms with Crippen LogP contribution < -0.4 is 10.2 Å². The Balaban J connectivity index is 2.51. The third-order valence-corrected chi connectivity index (χ3v) is 1.78. The van der Waals surface area contributed by atoms with E-state index < -0.39 is 6.09 Å². The number of hydrogen-bond acceptors (Lipinski definition) is 5. The molecule has 1 rings (SSSR count). The van der Waals surface area contributed by atoms with Crippen molar-refractivity contribution in [3.05, 3.63) is 18.3 Å². The summed E-state index contributed by atoms with van der Waals surface area (Å²) in [6.45, 7) is -0.208. The lowest BCUT2D eigenvalue weighted by Crippen LogP contribution is -2.16. The van der Waals surface area contributed by atoms with Gasteiger partial charge in [0.15, 0.2) is 0 Å². The standard InChI is InChI=1S/C10H15N3O3/c1-13(2)9-4-3-8(7-11-9)12-10(15)16-6-5-14/h3-4,7,14H,5-6H2,1-2H3,(H,12,15). The highest BCUT2D eigenvalue weighted by Gasteiger charge is 2.03. The second-order valence-electron chi connectivity index (χ2n) is 3.28. The molecule has 88 valence electrons. The lowest BCUT2D eigenvalue weighted by atomic mass is 10.4. The molecule has 0 fully saturated rings. The van der Waals surface area contributed by atoms with Gasteiger partial charge >= 0.3 is 6.09 Å². The van der Waals surface area contributed by atoms with Crippen molar-refractivity contribution >= 4 is 17.6 Å². The fraction of sp³-hybridized carbons (Fsp3) is 0.400. The van der Waals surface area contributed by atoms with Crippen LogP contribution in [0.3, 0.4) is 0 Å². The molecule has 0 saturated carbocycles. The molecule has 0 aromatic carbocycles. The number of ether oxygens (including phenoxy) is 1. The van der Waals surface area contributed by atoms with Crippen LogP contribution in [-0.4, -0.2) is 43.5 Å². The molecule has 2 N–H and O–H groups in total. The van der Waals surface area contributed by atoms with Gasteiger partial charge in [0, 0.05) is 14.1 Å². The van der Waals surface area contributed by atoms with Crippen molar-refractivity contribution < 1.29 is 14.6 Å². The third-order valence-electron chi connectivity index (χ3n) is 1.78. The minimum atomic E-state index is -0.603. The number of nitrogens with one attached hydrogen (secondary N) is 1. The lowest BCUT2D eigenvalue weighted by molar-refractivity contribution is 0.131. The monoisotopic (exact) mass is 225 g/mol. The van der Waals surface area contributed by atoms with E-state index in [9.17, 15) is 4.79 Å². The summed E-state index contributed by atoms with van der Waals surface area (Å²) in [6.07, 6.45) is 0.934. The number of nitrogens with zero attached hydrogens (tertiary/aromatic N) is 2. The zero-order chi connectivity index (χ0) is 12.0. The summed E-state index contributed by atoms with van der Waals surface area (Å²) >= 11 is 0. The normalized spacial score (nSPS) is 9.69. The zero-order valence-corrected chi connectivity index (χ0v) is 9.30. The Bertz CT molecular complexity index is 338. The van der Waals surface area contributed by atoms with Gasteiger partial charge in [0.1, 0.15) is 12.4 Å². The van der Waals surface area contributed by atoms with E-state index in [1.54, 1.807) is 12.1 Å². The van der Waals surface area contributed by atoms with Gasteiger partial charge in [0.2, 0.25) is 0 Å². The minimum absolute atomic E-state index is 0.0188. The van der Waals surface area contributed by atoms with Gasteiger partial charge in [-0.15, -0.1) is 0 Å². The first-order chi connectivity index (χ1) is 7.63. The van der Waals surface area contributed by atoms with Crippen LogP contribution in [0.5, 0.6) is 0 Å². The average molecular weight is 225 g/mol. The molecular weight excluding hydrogens is 210 g/mol. The summed E-state index contributed by atoms with van der Waals surface area (Å²) in [5.74, 6) is 0.800. The maximum absolute atomic E-state index is 11.1. The SMILES string of the molecule is CN(C)c1ccc(NC(=O)OCCO)cn1. The second-order valence-corrected chi connectivity index (χ2v) is 3.28. The predicted octanol–water partition coefficient (Wildman–Crippen LogP) is 0.688. The van der Waals surface area contributed by atoms with E-state index in [-0.39, 0.29) is 13.2 Å². The Kier molecular flexibility index (Phi) is 4.53. The molecule has 0 spiro atoms. The quantitative estimate of drug-likeness (QED) is 0.788. The molecule has 0 saturated heterocycles. The summed E-state index contributed by atoms with van der Waals surface area (Å²) < 4.78 is 4.63. The van der Waals surface area contributed by atoms with E-state index in [1.165, 1.54) is 6.20 Å². The fourth-order valence-corrected chi connectivity index (χ4v) is 1.02. The maximum atomic E-state index is 11.1. The van der Waals surface area contributed by atoms with Crippen LogP contribution >= 0.6 is 0 Å². The molecule has 0 atom stereocenters. The van der Waals surface area contributed by atoms with Crippen molar-refractivity contribution in [1.82, 2.24) is 4.98 Å². The van der Waals surface area contributed by atoms with E-state index in [0.29, 0.717) is 5.69 Å². The molecule has 1 aromatic rings. The van der Waals surface area contributed by atoms with Crippen molar-refractivity contribution in [1.29, 1.82) is 0 Å². The molecular formula is C10H15N3O3. The highest BCUT2D eigenvalue weighted by molar-refractivity contribution is 5.84. The third kappa shape index (κ3) is 3.74. The number of aliphatic hydroxyl groups is 1. The zero-order valence-electron chi connectivity index (χ0n) is 9.30. The molecule has 0 bridgehead atoms. The summed E-state index contributed by atoms with van der Waals surface area (Å²) in [7, 11) is 3.76. The van der Waals surface area contributed by atoms with E-state index in [0.717, 1.165) is 5.82 Å². The molecule has 0 radical (unpaired) electrons. The first-order valence-corrected chi connectivity index (χ1v) is 4.81. The number of carbonyl (C=O) groups is 1. The van der Waals surface area contributed by atoms with Gasteiger partial charge in [0.25, 0.3) is 0 Å². The molecule has 0 aliphatic rings. The van der Waals surface area contributed by atoms with Crippen molar-refractivity contribution in [3.63, 3.8) is 0 Å². The molecule has 16 heavy (non-hydrogen) atoms. The van der Waals surface area contributed by atoms with E-state index >= 15 is 0 Å². The van der Waals surface area contributed by atoms with Crippen LogP contribution in [-0.2, 0) is 4.74 Å². The average Bonchev–Trinajstić information content (AvgIpc) is 2.27. The van der Waals surface area contributed by atoms with E-state index in [2.05, 4.69) is 15.0 Å². The molecule has 1 heterocycles. The molecule has 0 unspecified atom stereocenters. The Morgan fingerprint density at radius 1 is 1.56 bits per heavy atom. The number of aromatic nitrogens is 1. The highest BCUT2D eigenvalue weighted by atomic mass is 16.6. The van der Waals surface area contributed by atoms with Gasteiger partial charge in [-0.25, -0.2) is 9.78 Å². The second kappa shape index (κ2) is 5.92. The smallest absolute Gasteiger partial charge is 0.411 e. The van der Waals surface area contributed by atoms with Gasteiger partial charge in [-0.3, -0.25) is 5.32 Å². The number of pyridine rings is 1. The number of carbonyl (C=O) groups excluding carboxylic acids is 1. The molecule has 1 amide bonds. The van der Waals surface area contributed by atoms with Crippen molar-refractivity contribution in [2.75, 3.05) is 37.5 Å². The Labute approximate surface area is 93.9 Å². The van der Waals surface area contributed by atoms with Crippen LogP contribution in [0, 0.1) is 0 Å².